The van der Waals surface area contributed by atoms with Crippen LogP contribution in [0.3, 0.4) is 0 Å². The van der Waals surface area contributed by atoms with Crippen molar-refractivity contribution in [1.82, 2.24) is 4.90 Å². The van der Waals surface area contributed by atoms with Crippen LogP contribution in [0.25, 0.3) is 0 Å². The van der Waals surface area contributed by atoms with Crippen LogP contribution in [0.15, 0.2) is 78.9 Å². The molecule has 1 aliphatic rings. The number of hydrogen-bond acceptors (Lipinski definition) is 3. The van der Waals surface area contributed by atoms with Crippen LogP contribution in [0.4, 0.5) is 22.4 Å². The highest BCUT2D eigenvalue weighted by molar-refractivity contribution is 5.68. The fourth-order valence-corrected chi connectivity index (χ4v) is 5.09. The molecule has 3 aromatic carbocycles. The molecule has 0 spiro atoms. The smallest absolute Gasteiger partial charge is 0.416 e. The van der Waals surface area contributed by atoms with Crippen LogP contribution in [-0.4, -0.2) is 35.8 Å². The Morgan fingerprint density at radius 3 is 2.08 bits per heavy atom. The first kappa shape index (κ1) is 28.6. The Labute approximate surface area is 226 Å². The van der Waals surface area contributed by atoms with Gasteiger partial charge >= 0.3 is 12.3 Å². The third-order valence-corrected chi connectivity index (χ3v) is 6.74. The van der Waals surface area contributed by atoms with E-state index in [-0.39, 0.29) is 24.0 Å². The average Bonchev–Trinajstić information content (AvgIpc) is 2.87. The van der Waals surface area contributed by atoms with Gasteiger partial charge in [-0.3, -0.25) is 0 Å². The molecule has 1 saturated heterocycles. The van der Waals surface area contributed by atoms with E-state index in [1.54, 1.807) is 4.90 Å². The normalized spacial score (nSPS) is 18.3. The van der Waals surface area contributed by atoms with Crippen molar-refractivity contribution in [2.75, 3.05) is 13.1 Å². The fourth-order valence-electron chi connectivity index (χ4n) is 5.09. The van der Waals surface area contributed by atoms with Gasteiger partial charge in [0.15, 0.2) is 0 Å². The van der Waals surface area contributed by atoms with Crippen molar-refractivity contribution in [2.45, 2.75) is 57.6 Å². The number of alkyl halides is 3. The van der Waals surface area contributed by atoms with Crippen LogP contribution < -0.4 is 0 Å². The Kier molecular flexibility index (Phi) is 8.64. The van der Waals surface area contributed by atoms with Crippen molar-refractivity contribution >= 4 is 6.09 Å². The highest BCUT2D eigenvalue weighted by Gasteiger charge is 2.40. The lowest BCUT2D eigenvalue weighted by atomic mass is 9.75. The van der Waals surface area contributed by atoms with Crippen LogP contribution >= 0.6 is 0 Å². The second-order valence-electron chi connectivity index (χ2n) is 10.9. The van der Waals surface area contributed by atoms with Crippen molar-refractivity contribution in [2.24, 2.45) is 5.92 Å². The molecule has 0 unspecified atom stereocenters. The van der Waals surface area contributed by atoms with E-state index in [9.17, 15) is 22.4 Å². The first-order valence-electron chi connectivity index (χ1n) is 13.0. The van der Waals surface area contributed by atoms with Gasteiger partial charge in [0.05, 0.1) is 18.3 Å². The second-order valence-corrected chi connectivity index (χ2v) is 10.9. The number of nitrogens with zero attached hydrogens (tertiary/aromatic N) is 1. The molecular weight excluding hydrogens is 510 g/mol. The predicted octanol–water partition coefficient (Wildman–Crippen LogP) is 7.82. The van der Waals surface area contributed by atoms with Crippen LogP contribution in [0.5, 0.6) is 0 Å². The molecule has 1 aliphatic heterocycles. The predicted molar refractivity (Wildman–Crippen MR) is 141 cm³/mol. The summed E-state index contributed by atoms with van der Waals surface area (Å²) in [6, 6.07) is 22.2. The lowest BCUT2D eigenvalue weighted by Gasteiger charge is -2.42. The maximum atomic E-state index is 14.0. The van der Waals surface area contributed by atoms with Gasteiger partial charge in [0.2, 0.25) is 0 Å². The van der Waals surface area contributed by atoms with Gasteiger partial charge in [0, 0.05) is 24.9 Å². The monoisotopic (exact) mass is 543 g/mol. The highest BCUT2D eigenvalue weighted by Crippen LogP contribution is 2.39. The van der Waals surface area contributed by atoms with E-state index in [1.165, 1.54) is 0 Å². The minimum Gasteiger partial charge on any atom is -0.444 e. The van der Waals surface area contributed by atoms with Gasteiger partial charge in [-0.25, -0.2) is 9.18 Å². The first-order valence-corrected chi connectivity index (χ1v) is 13.0. The Hall–Kier alpha value is -3.39. The number of hydrogen-bond donors (Lipinski definition) is 0. The van der Waals surface area contributed by atoms with Gasteiger partial charge in [-0.15, -0.1) is 0 Å². The summed E-state index contributed by atoms with van der Waals surface area (Å²) in [7, 11) is 0. The minimum atomic E-state index is -4.66. The molecule has 1 fully saturated rings. The Bertz CT molecular complexity index is 1200. The zero-order chi connectivity index (χ0) is 28.2. The zero-order valence-corrected chi connectivity index (χ0v) is 22.2. The third-order valence-electron chi connectivity index (χ3n) is 6.74. The number of likely N-dealkylation sites (tertiary alicyclic amines) is 1. The Morgan fingerprint density at radius 2 is 1.54 bits per heavy atom. The first-order chi connectivity index (χ1) is 18.4. The van der Waals surface area contributed by atoms with Crippen LogP contribution in [0, 0.1) is 11.7 Å². The number of amides is 1. The molecule has 208 valence electrons. The molecule has 8 heteroatoms. The average molecular weight is 544 g/mol. The lowest BCUT2D eigenvalue weighted by Crippen LogP contribution is -2.50. The quantitative estimate of drug-likeness (QED) is 0.298. The summed E-state index contributed by atoms with van der Waals surface area (Å²) in [5.41, 5.74) is 0.443. The number of rotatable bonds is 6. The maximum Gasteiger partial charge on any atom is 0.416 e. The van der Waals surface area contributed by atoms with Crippen molar-refractivity contribution in [3.05, 3.63) is 107 Å². The van der Waals surface area contributed by atoms with Crippen molar-refractivity contribution in [3.8, 4) is 0 Å². The second kappa shape index (κ2) is 11.8. The summed E-state index contributed by atoms with van der Waals surface area (Å²) in [6.45, 7) is 5.93. The molecule has 3 aromatic rings. The lowest BCUT2D eigenvalue weighted by molar-refractivity contribution is -0.137. The van der Waals surface area contributed by atoms with Gasteiger partial charge in [0.25, 0.3) is 0 Å². The molecule has 4 rings (SSSR count). The molecule has 0 bridgehead atoms. The number of piperidine rings is 1. The molecule has 1 heterocycles. The van der Waals surface area contributed by atoms with E-state index in [0.717, 1.165) is 23.3 Å². The van der Waals surface area contributed by atoms with E-state index < -0.39 is 35.4 Å². The summed E-state index contributed by atoms with van der Waals surface area (Å²) in [6.07, 6.45) is -5.05. The number of ether oxygens (including phenoxy) is 2. The van der Waals surface area contributed by atoms with Gasteiger partial charge in [-0.1, -0.05) is 60.7 Å². The summed E-state index contributed by atoms with van der Waals surface area (Å²) < 4.78 is 65.7. The molecule has 0 aliphatic carbocycles. The number of carbonyl (C=O) groups is 1. The molecule has 0 N–H and O–H groups in total. The van der Waals surface area contributed by atoms with E-state index >= 15 is 0 Å². The van der Waals surface area contributed by atoms with Crippen LogP contribution in [0.1, 0.15) is 55.4 Å². The minimum absolute atomic E-state index is 0.103. The van der Waals surface area contributed by atoms with Crippen LogP contribution in [-0.2, 0) is 22.3 Å². The summed E-state index contributed by atoms with van der Waals surface area (Å²) in [5.74, 6) is -1.38. The maximum absolute atomic E-state index is 14.0. The summed E-state index contributed by atoms with van der Waals surface area (Å²) in [5, 5.41) is 0. The van der Waals surface area contributed by atoms with E-state index in [0.29, 0.717) is 25.6 Å². The number of halogens is 4. The molecule has 0 saturated carbocycles. The molecule has 0 radical (unpaired) electrons. The van der Waals surface area contributed by atoms with Crippen molar-refractivity contribution in [1.29, 1.82) is 0 Å². The highest BCUT2D eigenvalue weighted by atomic mass is 19.4. The van der Waals surface area contributed by atoms with E-state index in [4.69, 9.17) is 9.47 Å². The van der Waals surface area contributed by atoms with Crippen molar-refractivity contribution in [3.63, 3.8) is 0 Å². The standard InChI is InChI=1S/C31H33F4NO3/c1-30(2,3)39-29(37)36-15-14-27(38-20-21-16-24(31(33,34)35)18-25(32)17-21)26(19-36)28(22-10-6-4-7-11-22)23-12-8-5-9-13-23/h4-13,16-18,26-28H,14-15,19-20H2,1-3H3/t26-,27+/m0/s1. The molecule has 2 atom stereocenters. The number of benzene rings is 3. The van der Waals surface area contributed by atoms with Crippen LogP contribution in [0.2, 0.25) is 0 Å². The van der Waals surface area contributed by atoms with Gasteiger partial charge in [-0.2, -0.15) is 13.2 Å². The Balaban J connectivity index is 1.66. The van der Waals surface area contributed by atoms with E-state index in [1.807, 2.05) is 81.4 Å². The van der Waals surface area contributed by atoms with Gasteiger partial charge < -0.3 is 14.4 Å². The van der Waals surface area contributed by atoms with Crippen molar-refractivity contribution < 1.29 is 31.8 Å². The molecule has 4 nitrogen and oxygen atoms in total. The zero-order valence-electron chi connectivity index (χ0n) is 22.2. The molecular formula is C31H33F4NO3. The topological polar surface area (TPSA) is 38.8 Å². The molecule has 1 amide bonds. The largest absolute Gasteiger partial charge is 0.444 e. The SMILES string of the molecule is CC(C)(C)OC(=O)N1CC[C@@H](OCc2cc(F)cc(C(F)(F)F)c2)[C@@H](C(c2ccccc2)c2ccccc2)C1. The fraction of sp³-hybridized carbons (Fsp3) is 0.387. The third kappa shape index (κ3) is 7.60. The van der Waals surface area contributed by atoms with Gasteiger partial charge in [-0.05, 0) is 62.1 Å². The van der Waals surface area contributed by atoms with Gasteiger partial charge in [0.1, 0.15) is 11.4 Å². The summed E-state index contributed by atoms with van der Waals surface area (Å²) >= 11 is 0. The number of carbonyl (C=O) groups excluding carboxylic acids is 1. The summed E-state index contributed by atoms with van der Waals surface area (Å²) in [4.78, 5) is 14.7. The molecule has 0 aromatic heterocycles. The van der Waals surface area contributed by atoms with E-state index in [2.05, 4.69) is 0 Å². The Morgan fingerprint density at radius 1 is 0.949 bits per heavy atom. The molecule has 39 heavy (non-hydrogen) atoms.